The molecule has 4 heteroatoms. The molecule has 0 aliphatic carbocycles. The Hall–Kier alpha value is -1.00. The van der Waals surface area contributed by atoms with Crippen LogP contribution in [0.15, 0.2) is 29.2 Å². The fourth-order valence-electron chi connectivity index (χ4n) is 1.55. The van der Waals surface area contributed by atoms with Crippen LogP contribution in [0.3, 0.4) is 0 Å². The predicted octanol–water partition coefficient (Wildman–Crippen LogP) is 2.41. The van der Waals surface area contributed by atoms with Gasteiger partial charge in [-0.1, -0.05) is 12.1 Å². The van der Waals surface area contributed by atoms with Gasteiger partial charge >= 0.3 is 0 Å². The summed E-state index contributed by atoms with van der Waals surface area (Å²) >= 11 is 1.59. The monoisotopic (exact) mass is 266 g/mol. The molecule has 1 amide bonds. The lowest BCUT2D eigenvalue weighted by Gasteiger charge is -2.14. The number of hydrogen-bond acceptors (Lipinski definition) is 3. The first-order valence-electron chi connectivity index (χ1n) is 6.23. The second-order valence-electron chi connectivity index (χ2n) is 4.60. The molecule has 1 rings (SSSR count). The summed E-state index contributed by atoms with van der Waals surface area (Å²) in [5, 5.41) is 5.97. The summed E-state index contributed by atoms with van der Waals surface area (Å²) in [5.74, 6) is 0.0919. The number of benzene rings is 1. The van der Waals surface area contributed by atoms with Crippen molar-refractivity contribution in [3.8, 4) is 0 Å². The van der Waals surface area contributed by atoms with Crippen LogP contribution in [0, 0.1) is 0 Å². The van der Waals surface area contributed by atoms with Gasteiger partial charge in [0.25, 0.3) is 0 Å². The zero-order valence-corrected chi connectivity index (χ0v) is 12.3. The number of hydrogen-bond donors (Lipinski definition) is 2. The normalized spacial score (nSPS) is 12.5. The van der Waals surface area contributed by atoms with E-state index in [0.717, 1.165) is 11.4 Å². The first kappa shape index (κ1) is 15.1. The molecule has 0 bridgehead atoms. The van der Waals surface area contributed by atoms with Crippen molar-refractivity contribution in [1.82, 2.24) is 10.6 Å². The van der Waals surface area contributed by atoms with E-state index in [1.54, 1.807) is 11.8 Å². The lowest BCUT2D eigenvalue weighted by molar-refractivity contribution is -0.120. The highest BCUT2D eigenvalue weighted by molar-refractivity contribution is 8.00. The van der Waals surface area contributed by atoms with E-state index in [9.17, 15) is 4.79 Å². The lowest BCUT2D eigenvalue weighted by Crippen LogP contribution is -2.35. The van der Waals surface area contributed by atoms with Crippen LogP contribution < -0.4 is 10.6 Å². The summed E-state index contributed by atoms with van der Waals surface area (Å²) in [5.41, 5.74) is 1.25. The van der Waals surface area contributed by atoms with Crippen LogP contribution in [-0.4, -0.2) is 24.2 Å². The van der Waals surface area contributed by atoms with Gasteiger partial charge in [-0.25, -0.2) is 0 Å². The van der Waals surface area contributed by atoms with E-state index in [-0.39, 0.29) is 17.2 Å². The second-order valence-corrected chi connectivity index (χ2v) is 6.01. The molecule has 0 radical (unpaired) electrons. The number of thioether (sulfide) groups is 1. The van der Waals surface area contributed by atoms with Crippen LogP contribution in [0.25, 0.3) is 0 Å². The Kier molecular flexibility index (Phi) is 6.22. The molecule has 1 aromatic rings. The maximum Gasteiger partial charge on any atom is 0.233 e. The molecule has 0 aliphatic rings. The van der Waals surface area contributed by atoms with Crippen LogP contribution in [0.2, 0.25) is 0 Å². The van der Waals surface area contributed by atoms with Crippen molar-refractivity contribution in [3.63, 3.8) is 0 Å². The average molecular weight is 266 g/mol. The van der Waals surface area contributed by atoms with Crippen LogP contribution in [0.5, 0.6) is 0 Å². The fraction of sp³-hybridized carbons (Fsp3) is 0.500. The third-order valence-corrected chi connectivity index (χ3v) is 3.53. The molecule has 3 nitrogen and oxygen atoms in total. The van der Waals surface area contributed by atoms with Gasteiger partial charge in [0.05, 0.1) is 5.25 Å². The maximum absolute atomic E-state index is 11.8. The Morgan fingerprint density at radius 2 is 1.83 bits per heavy atom. The largest absolute Gasteiger partial charge is 0.353 e. The van der Waals surface area contributed by atoms with E-state index >= 15 is 0 Å². The van der Waals surface area contributed by atoms with E-state index in [1.165, 1.54) is 5.56 Å². The molecule has 1 unspecified atom stereocenters. The Morgan fingerprint density at radius 3 is 2.33 bits per heavy atom. The second kappa shape index (κ2) is 7.44. The number of nitrogens with one attached hydrogen (secondary N) is 2. The first-order valence-corrected chi connectivity index (χ1v) is 7.11. The molecule has 18 heavy (non-hydrogen) atoms. The van der Waals surface area contributed by atoms with Crippen molar-refractivity contribution in [2.24, 2.45) is 0 Å². The summed E-state index contributed by atoms with van der Waals surface area (Å²) in [7, 11) is 1.93. The molecular weight excluding hydrogens is 244 g/mol. The Balaban J connectivity index is 2.53. The average Bonchev–Trinajstić information content (AvgIpc) is 2.31. The number of carbonyl (C=O) groups excluding carboxylic acids is 1. The summed E-state index contributed by atoms with van der Waals surface area (Å²) in [4.78, 5) is 12.9. The molecule has 0 saturated heterocycles. The van der Waals surface area contributed by atoms with Crippen molar-refractivity contribution in [2.45, 2.75) is 43.5 Å². The van der Waals surface area contributed by atoms with Crippen LogP contribution in [0.4, 0.5) is 0 Å². The molecule has 1 atom stereocenters. The summed E-state index contributed by atoms with van der Waals surface area (Å²) < 4.78 is 0. The van der Waals surface area contributed by atoms with Gasteiger partial charge in [0.1, 0.15) is 0 Å². The molecule has 0 aliphatic heterocycles. The Morgan fingerprint density at radius 1 is 1.22 bits per heavy atom. The van der Waals surface area contributed by atoms with Crippen LogP contribution in [-0.2, 0) is 11.3 Å². The van der Waals surface area contributed by atoms with E-state index in [4.69, 9.17) is 0 Å². The third-order valence-electron chi connectivity index (χ3n) is 2.42. The minimum absolute atomic E-state index is 0.0671. The highest BCUT2D eigenvalue weighted by atomic mass is 32.2. The van der Waals surface area contributed by atoms with Gasteiger partial charge in [0.15, 0.2) is 0 Å². The molecule has 0 saturated carbocycles. The topological polar surface area (TPSA) is 41.1 Å². The summed E-state index contributed by atoms with van der Waals surface area (Å²) in [6.45, 7) is 6.75. The van der Waals surface area contributed by atoms with Gasteiger partial charge in [0.2, 0.25) is 5.91 Å². The van der Waals surface area contributed by atoms with Crippen molar-refractivity contribution in [3.05, 3.63) is 29.8 Å². The molecule has 0 aromatic heterocycles. The fourth-order valence-corrected chi connectivity index (χ4v) is 2.43. The lowest BCUT2D eigenvalue weighted by atomic mass is 10.2. The van der Waals surface area contributed by atoms with E-state index in [1.807, 2.05) is 27.8 Å². The minimum atomic E-state index is -0.0671. The molecule has 100 valence electrons. The zero-order valence-electron chi connectivity index (χ0n) is 11.5. The molecule has 2 N–H and O–H groups in total. The number of carbonyl (C=O) groups is 1. The first-order chi connectivity index (χ1) is 8.52. The van der Waals surface area contributed by atoms with Crippen molar-refractivity contribution in [2.75, 3.05) is 7.05 Å². The minimum Gasteiger partial charge on any atom is -0.353 e. The number of rotatable bonds is 6. The molecule has 0 fully saturated rings. The zero-order chi connectivity index (χ0) is 13.5. The quantitative estimate of drug-likeness (QED) is 0.777. The highest BCUT2D eigenvalue weighted by Crippen LogP contribution is 2.23. The van der Waals surface area contributed by atoms with Gasteiger partial charge in [-0.15, -0.1) is 11.8 Å². The van der Waals surface area contributed by atoms with E-state index in [2.05, 4.69) is 34.9 Å². The molecular formula is C14H22N2OS. The SMILES string of the molecule is CNCc1ccc(SC(C)C(=O)NC(C)C)cc1. The van der Waals surface area contributed by atoms with E-state index in [0.29, 0.717) is 0 Å². The Bertz CT molecular complexity index is 376. The van der Waals surface area contributed by atoms with E-state index < -0.39 is 0 Å². The molecule has 1 aromatic carbocycles. The van der Waals surface area contributed by atoms with Crippen LogP contribution in [0.1, 0.15) is 26.3 Å². The number of amides is 1. The van der Waals surface area contributed by atoms with Gasteiger partial charge in [0, 0.05) is 17.5 Å². The van der Waals surface area contributed by atoms with Gasteiger partial charge in [-0.3, -0.25) is 4.79 Å². The summed E-state index contributed by atoms with van der Waals surface area (Å²) in [6, 6.07) is 8.50. The van der Waals surface area contributed by atoms with Crippen molar-refractivity contribution < 1.29 is 4.79 Å². The maximum atomic E-state index is 11.8. The standard InChI is InChI=1S/C14H22N2OS/c1-10(2)16-14(17)11(3)18-13-7-5-12(6-8-13)9-15-4/h5-8,10-11,15H,9H2,1-4H3,(H,16,17). The summed E-state index contributed by atoms with van der Waals surface area (Å²) in [6.07, 6.45) is 0. The van der Waals surface area contributed by atoms with Crippen molar-refractivity contribution in [1.29, 1.82) is 0 Å². The molecule has 0 heterocycles. The van der Waals surface area contributed by atoms with Gasteiger partial charge in [-0.2, -0.15) is 0 Å². The Labute approximate surface area is 114 Å². The smallest absolute Gasteiger partial charge is 0.233 e. The van der Waals surface area contributed by atoms with Crippen molar-refractivity contribution >= 4 is 17.7 Å². The molecule has 0 spiro atoms. The van der Waals surface area contributed by atoms with Gasteiger partial charge in [-0.05, 0) is 45.5 Å². The van der Waals surface area contributed by atoms with Gasteiger partial charge < -0.3 is 10.6 Å². The predicted molar refractivity (Wildman–Crippen MR) is 77.8 cm³/mol. The van der Waals surface area contributed by atoms with Crippen LogP contribution >= 0.6 is 11.8 Å². The highest BCUT2D eigenvalue weighted by Gasteiger charge is 2.14. The third kappa shape index (κ3) is 5.10.